The molecule has 1 atom stereocenters. The lowest BCUT2D eigenvalue weighted by molar-refractivity contribution is 0.298. The van der Waals surface area contributed by atoms with Crippen molar-refractivity contribution in [1.82, 2.24) is 4.90 Å². The van der Waals surface area contributed by atoms with Crippen LogP contribution >= 0.6 is 0 Å². The summed E-state index contributed by atoms with van der Waals surface area (Å²) in [7, 11) is 3.95. The molecule has 0 aromatic heterocycles. The maximum Gasteiger partial charge on any atom is 0.161 e. The second kappa shape index (κ2) is 5.72. The Balaban J connectivity index is 3.00. The molecule has 0 aliphatic heterocycles. The highest BCUT2D eigenvalue weighted by molar-refractivity contribution is 5.42. The Morgan fingerprint density at radius 3 is 2.62 bits per heavy atom. The molecule has 1 aromatic rings. The Bertz CT molecular complexity index is 340. The predicted octanol–water partition coefficient (Wildman–Crippen LogP) is 1.35. The van der Waals surface area contributed by atoms with Crippen molar-refractivity contribution >= 4 is 0 Å². The van der Waals surface area contributed by atoms with Crippen molar-refractivity contribution in [2.45, 2.75) is 13.0 Å². The number of phenolic OH excluding ortho intramolecular Hbond substituents is 1. The second-order valence-corrected chi connectivity index (χ2v) is 3.88. The Morgan fingerprint density at radius 2 is 2.12 bits per heavy atom. The Labute approximate surface area is 96.6 Å². The van der Waals surface area contributed by atoms with E-state index < -0.39 is 0 Å². The van der Waals surface area contributed by atoms with Gasteiger partial charge in [-0.15, -0.1) is 0 Å². The zero-order valence-corrected chi connectivity index (χ0v) is 10.1. The molecule has 0 saturated carbocycles. The highest BCUT2D eigenvalue weighted by Gasteiger charge is 2.14. The number of likely N-dealkylation sites (N-methyl/N-ethyl adjacent to an activating group) is 1. The fourth-order valence-corrected chi connectivity index (χ4v) is 1.65. The zero-order valence-electron chi connectivity index (χ0n) is 10.1. The maximum atomic E-state index is 9.59. The van der Waals surface area contributed by atoms with E-state index >= 15 is 0 Å². The zero-order chi connectivity index (χ0) is 12.1. The van der Waals surface area contributed by atoms with E-state index in [0.29, 0.717) is 18.9 Å². The van der Waals surface area contributed by atoms with Gasteiger partial charge in [-0.05, 0) is 38.7 Å². The number of hydrogen-bond donors (Lipinski definition) is 2. The summed E-state index contributed by atoms with van der Waals surface area (Å²) in [6, 6.07) is 5.50. The molecule has 0 aliphatic carbocycles. The first-order chi connectivity index (χ1) is 7.60. The molecule has 0 saturated heterocycles. The van der Waals surface area contributed by atoms with Crippen LogP contribution in [0.4, 0.5) is 0 Å². The van der Waals surface area contributed by atoms with E-state index in [4.69, 9.17) is 10.5 Å². The molecule has 1 unspecified atom stereocenters. The first-order valence-corrected chi connectivity index (χ1v) is 5.42. The molecule has 16 heavy (non-hydrogen) atoms. The van der Waals surface area contributed by atoms with Gasteiger partial charge in [0, 0.05) is 12.6 Å². The maximum absolute atomic E-state index is 9.59. The Hall–Kier alpha value is -1.26. The number of benzene rings is 1. The number of hydrogen-bond acceptors (Lipinski definition) is 4. The molecule has 0 heterocycles. The lowest BCUT2D eigenvalue weighted by Crippen LogP contribution is -2.27. The highest BCUT2D eigenvalue weighted by atomic mass is 16.5. The quantitative estimate of drug-likeness (QED) is 0.792. The number of ether oxygens (including phenoxy) is 1. The molecule has 1 aromatic carbocycles. The molecule has 0 amide bonds. The van der Waals surface area contributed by atoms with Crippen LogP contribution in [0.5, 0.6) is 11.5 Å². The van der Waals surface area contributed by atoms with Gasteiger partial charge >= 0.3 is 0 Å². The van der Waals surface area contributed by atoms with E-state index in [0.717, 1.165) is 5.56 Å². The predicted molar refractivity (Wildman–Crippen MR) is 64.8 cm³/mol. The van der Waals surface area contributed by atoms with Gasteiger partial charge in [0.2, 0.25) is 0 Å². The van der Waals surface area contributed by atoms with E-state index in [1.165, 1.54) is 0 Å². The van der Waals surface area contributed by atoms with Crippen molar-refractivity contribution < 1.29 is 9.84 Å². The number of rotatable bonds is 5. The lowest BCUT2D eigenvalue weighted by Gasteiger charge is -2.23. The molecule has 4 nitrogen and oxygen atoms in total. The van der Waals surface area contributed by atoms with Crippen molar-refractivity contribution in [2.24, 2.45) is 5.73 Å². The first kappa shape index (κ1) is 12.8. The summed E-state index contributed by atoms with van der Waals surface area (Å²) in [6.07, 6.45) is 0. The molecule has 90 valence electrons. The van der Waals surface area contributed by atoms with Crippen LogP contribution < -0.4 is 10.5 Å². The van der Waals surface area contributed by atoms with Gasteiger partial charge in [0.25, 0.3) is 0 Å². The summed E-state index contributed by atoms with van der Waals surface area (Å²) in [5.74, 6) is 0.681. The summed E-state index contributed by atoms with van der Waals surface area (Å²) in [5, 5.41) is 9.59. The topological polar surface area (TPSA) is 58.7 Å². The van der Waals surface area contributed by atoms with E-state index in [1.807, 2.05) is 38.1 Å². The van der Waals surface area contributed by atoms with Crippen LogP contribution in [0.25, 0.3) is 0 Å². The SMILES string of the molecule is CCOc1cc(C(CN)N(C)C)ccc1O. The van der Waals surface area contributed by atoms with Gasteiger partial charge in [-0.25, -0.2) is 0 Å². The minimum Gasteiger partial charge on any atom is -0.504 e. The van der Waals surface area contributed by atoms with E-state index in [2.05, 4.69) is 0 Å². The summed E-state index contributed by atoms with van der Waals surface area (Å²) < 4.78 is 5.34. The van der Waals surface area contributed by atoms with Crippen molar-refractivity contribution in [3.05, 3.63) is 23.8 Å². The van der Waals surface area contributed by atoms with E-state index in [9.17, 15) is 5.11 Å². The van der Waals surface area contributed by atoms with Crippen LogP contribution in [0, 0.1) is 0 Å². The molecule has 0 fully saturated rings. The monoisotopic (exact) mass is 224 g/mol. The van der Waals surface area contributed by atoms with Crippen molar-refractivity contribution in [3.63, 3.8) is 0 Å². The molecule has 0 spiro atoms. The van der Waals surface area contributed by atoms with Crippen molar-refractivity contribution in [1.29, 1.82) is 0 Å². The smallest absolute Gasteiger partial charge is 0.161 e. The van der Waals surface area contributed by atoms with Crippen LogP contribution in [-0.4, -0.2) is 37.3 Å². The van der Waals surface area contributed by atoms with Crippen LogP contribution in [0.1, 0.15) is 18.5 Å². The van der Waals surface area contributed by atoms with E-state index in [-0.39, 0.29) is 11.8 Å². The summed E-state index contributed by atoms with van der Waals surface area (Å²) in [4.78, 5) is 2.04. The number of aromatic hydroxyl groups is 1. The van der Waals surface area contributed by atoms with Crippen LogP contribution in [-0.2, 0) is 0 Å². The standard InChI is InChI=1S/C12H20N2O2/c1-4-16-12-7-9(5-6-11(12)15)10(8-13)14(2)3/h5-7,10,15H,4,8,13H2,1-3H3. The summed E-state index contributed by atoms with van der Waals surface area (Å²) >= 11 is 0. The van der Waals surface area contributed by atoms with Gasteiger partial charge in [-0.3, -0.25) is 0 Å². The molecule has 0 bridgehead atoms. The van der Waals surface area contributed by atoms with Gasteiger partial charge < -0.3 is 20.5 Å². The Morgan fingerprint density at radius 1 is 1.44 bits per heavy atom. The number of nitrogens with two attached hydrogens (primary N) is 1. The number of phenols is 1. The van der Waals surface area contributed by atoms with E-state index in [1.54, 1.807) is 6.07 Å². The second-order valence-electron chi connectivity index (χ2n) is 3.88. The van der Waals surface area contributed by atoms with Crippen molar-refractivity contribution in [3.8, 4) is 11.5 Å². The van der Waals surface area contributed by atoms with Gasteiger partial charge in [0.1, 0.15) is 0 Å². The molecular formula is C12H20N2O2. The minimum absolute atomic E-state index is 0.139. The third kappa shape index (κ3) is 2.87. The average molecular weight is 224 g/mol. The number of nitrogens with zero attached hydrogens (tertiary/aromatic N) is 1. The van der Waals surface area contributed by atoms with Gasteiger partial charge in [-0.2, -0.15) is 0 Å². The summed E-state index contributed by atoms with van der Waals surface area (Å²) in [5.41, 5.74) is 6.77. The minimum atomic E-state index is 0.139. The average Bonchev–Trinajstić information content (AvgIpc) is 2.23. The molecule has 1 rings (SSSR count). The molecule has 3 N–H and O–H groups in total. The normalized spacial score (nSPS) is 12.8. The highest BCUT2D eigenvalue weighted by Crippen LogP contribution is 2.30. The molecule has 0 radical (unpaired) electrons. The molecular weight excluding hydrogens is 204 g/mol. The van der Waals surface area contributed by atoms with Gasteiger partial charge in [0.15, 0.2) is 11.5 Å². The fourth-order valence-electron chi connectivity index (χ4n) is 1.65. The van der Waals surface area contributed by atoms with Gasteiger partial charge in [0.05, 0.1) is 6.61 Å². The Kier molecular flexibility index (Phi) is 4.58. The summed E-state index contributed by atoms with van der Waals surface area (Å²) in [6.45, 7) is 2.95. The lowest BCUT2D eigenvalue weighted by atomic mass is 10.1. The molecule has 4 heteroatoms. The third-order valence-electron chi connectivity index (χ3n) is 2.52. The largest absolute Gasteiger partial charge is 0.504 e. The van der Waals surface area contributed by atoms with Crippen molar-refractivity contribution in [2.75, 3.05) is 27.2 Å². The van der Waals surface area contributed by atoms with Gasteiger partial charge in [-0.1, -0.05) is 6.07 Å². The van der Waals surface area contributed by atoms with Crippen LogP contribution in [0.15, 0.2) is 18.2 Å². The first-order valence-electron chi connectivity index (χ1n) is 5.42. The molecule has 0 aliphatic rings. The third-order valence-corrected chi connectivity index (χ3v) is 2.52. The fraction of sp³-hybridized carbons (Fsp3) is 0.500. The van der Waals surface area contributed by atoms with Crippen LogP contribution in [0.3, 0.4) is 0 Å². The van der Waals surface area contributed by atoms with Crippen LogP contribution in [0.2, 0.25) is 0 Å².